The molecule has 2 rings (SSSR count). The van der Waals surface area contributed by atoms with Gasteiger partial charge in [0.2, 0.25) is 0 Å². The Balaban J connectivity index is 2.67. The number of hydrogen-bond acceptors (Lipinski definition) is 4. The number of halogens is 1. The van der Waals surface area contributed by atoms with Crippen molar-refractivity contribution in [2.24, 2.45) is 5.73 Å². The number of carbonyl (C=O) groups excluding carboxylic acids is 1. The summed E-state index contributed by atoms with van der Waals surface area (Å²) in [5, 5.41) is 0.460. The lowest BCUT2D eigenvalue weighted by Crippen LogP contribution is -2.19. The van der Waals surface area contributed by atoms with Crippen molar-refractivity contribution in [2.75, 3.05) is 7.11 Å². The number of methoxy groups -OCH3 is 1. The molecule has 0 amide bonds. The van der Waals surface area contributed by atoms with Crippen LogP contribution in [0.4, 0.5) is 0 Å². The number of carbonyl (C=O) groups is 1. The molecule has 0 radical (unpaired) electrons. The fourth-order valence-electron chi connectivity index (χ4n) is 1.83. The van der Waals surface area contributed by atoms with Gasteiger partial charge in [-0.25, -0.2) is 9.78 Å². The molecular formula is C12H14ClN3O2. The Morgan fingerprint density at radius 3 is 3.00 bits per heavy atom. The van der Waals surface area contributed by atoms with Gasteiger partial charge in [0.05, 0.1) is 17.6 Å². The molecule has 18 heavy (non-hydrogen) atoms. The van der Waals surface area contributed by atoms with Crippen LogP contribution >= 0.6 is 11.6 Å². The van der Waals surface area contributed by atoms with Gasteiger partial charge in [0.25, 0.3) is 0 Å². The number of esters is 1. The molecule has 96 valence electrons. The number of nitrogens with two attached hydrogens (primary N) is 1. The first-order valence-corrected chi connectivity index (χ1v) is 5.91. The Kier molecular flexibility index (Phi) is 3.54. The Morgan fingerprint density at radius 1 is 1.67 bits per heavy atom. The van der Waals surface area contributed by atoms with Crippen molar-refractivity contribution in [1.29, 1.82) is 0 Å². The number of rotatable bonds is 3. The molecule has 0 fully saturated rings. The van der Waals surface area contributed by atoms with Crippen molar-refractivity contribution >= 4 is 23.1 Å². The van der Waals surface area contributed by atoms with Gasteiger partial charge in [0, 0.05) is 18.7 Å². The van der Waals surface area contributed by atoms with E-state index in [-0.39, 0.29) is 11.7 Å². The third-order valence-electron chi connectivity index (χ3n) is 2.57. The number of pyridine rings is 1. The Hall–Kier alpha value is -1.59. The fourth-order valence-corrected chi connectivity index (χ4v) is 2.08. The second-order valence-electron chi connectivity index (χ2n) is 4.12. The van der Waals surface area contributed by atoms with Crippen LogP contribution < -0.4 is 5.73 Å². The van der Waals surface area contributed by atoms with Gasteiger partial charge in [-0.05, 0) is 19.1 Å². The van der Waals surface area contributed by atoms with Crippen LogP contribution in [-0.2, 0) is 11.2 Å². The number of fused-ring (bicyclic) bond motifs is 1. The molecule has 2 N–H and O–H groups in total. The zero-order chi connectivity index (χ0) is 13.3. The number of ether oxygens (including phenoxy) is 1. The summed E-state index contributed by atoms with van der Waals surface area (Å²) in [5.74, 6) is 0.194. The van der Waals surface area contributed by atoms with E-state index in [2.05, 4.69) is 4.98 Å². The van der Waals surface area contributed by atoms with E-state index in [9.17, 15) is 4.79 Å². The molecule has 0 saturated heterocycles. The first-order valence-electron chi connectivity index (χ1n) is 5.54. The van der Waals surface area contributed by atoms with E-state index in [0.29, 0.717) is 22.8 Å². The van der Waals surface area contributed by atoms with Gasteiger partial charge < -0.3 is 14.9 Å². The molecular weight excluding hydrogens is 254 g/mol. The van der Waals surface area contributed by atoms with E-state index >= 15 is 0 Å². The fraction of sp³-hybridized carbons (Fsp3) is 0.333. The normalized spacial score (nSPS) is 12.7. The minimum absolute atomic E-state index is 0.0555. The minimum Gasteiger partial charge on any atom is -0.464 e. The smallest absolute Gasteiger partial charge is 0.358 e. The first kappa shape index (κ1) is 12.9. The summed E-state index contributed by atoms with van der Waals surface area (Å²) in [6.45, 7) is 1.88. The number of imidazole rings is 1. The molecule has 2 aromatic heterocycles. The summed E-state index contributed by atoms with van der Waals surface area (Å²) in [7, 11) is 1.32. The molecule has 0 aliphatic heterocycles. The largest absolute Gasteiger partial charge is 0.464 e. The van der Waals surface area contributed by atoms with Crippen molar-refractivity contribution in [1.82, 2.24) is 9.38 Å². The first-order chi connectivity index (χ1) is 8.54. The molecule has 2 aromatic rings. The Bertz CT molecular complexity index is 592. The van der Waals surface area contributed by atoms with Crippen LogP contribution in [0.25, 0.3) is 5.52 Å². The maximum atomic E-state index is 11.7. The minimum atomic E-state index is -0.503. The quantitative estimate of drug-likeness (QED) is 0.859. The van der Waals surface area contributed by atoms with Crippen LogP contribution in [0.1, 0.15) is 23.2 Å². The molecule has 0 spiro atoms. The third kappa shape index (κ3) is 2.19. The van der Waals surface area contributed by atoms with Crippen LogP contribution in [0, 0.1) is 0 Å². The number of aromatic nitrogens is 2. The van der Waals surface area contributed by atoms with Crippen LogP contribution in [0.15, 0.2) is 18.3 Å². The van der Waals surface area contributed by atoms with E-state index in [1.807, 2.05) is 6.92 Å². The second-order valence-corrected chi connectivity index (χ2v) is 4.53. The van der Waals surface area contributed by atoms with Crippen molar-refractivity contribution in [3.8, 4) is 0 Å². The highest BCUT2D eigenvalue weighted by atomic mass is 35.5. The van der Waals surface area contributed by atoms with E-state index < -0.39 is 5.97 Å². The predicted molar refractivity (Wildman–Crippen MR) is 68.9 cm³/mol. The third-order valence-corrected chi connectivity index (χ3v) is 2.88. The standard InChI is InChI=1S/C12H14ClN3O2/c1-7(14)6-9-15-10(12(17)18-2)11-8(13)4-3-5-16(9)11/h3-5,7H,6,14H2,1-2H3. The summed E-state index contributed by atoms with van der Waals surface area (Å²) < 4.78 is 6.49. The molecule has 0 aliphatic rings. The molecule has 1 atom stereocenters. The van der Waals surface area contributed by atoms with Gasteiger partial charge in [-0.2, -0.15) is 0 Å². The monoisotopic (exact) mass is 267 g/mol. The lowest BCUT2D eigenvalue weighted by atomic mass is 10.2. The van der Waals surface area contributed by atoms with Gasteiger partial charge in [0.1, 0.15) is 5.82 Å². The zero-order valence-corrected chi connectivity index (χ0v) is 10.9. The summed E-state index contributed by atoms with van der Waals surface area (Å²) >= 11 is 6.11. The average Bonchev–Trinajstić information content (AvgIpc) is 2.68. The van der Waals surface area contributed by atoms with Crippen molar-refractivity contribution < 1.29 is 9.53 Å². The second kappa shape index (κ2) is 4.96. The summed E-state index contributed by atoms with van der Waals surface area (Å²) in [6.07, 6.45) is 2.36. The molecule has 5 nitrogen and oxygen atoms in total. The average molecular weight is 268 g/mol. The van der Waals surface area contributed by atoms with Gasteiger partial charge in [-0.3, -0.25) is 0 Å². The van der Waals surface area contributed by atoms with E-state index in [4.69, 9.17) is 22.1 Å². The van der Waals surface area contributed by atoms with Crippen LogP contribution in [0.5, 0.6) is 0 Å². The van der Waals surface area contributed by atoms with Crippen LogP contribution in [0.3, 0.4) is 0 Å². The number of hydrogen-bond donors (Lipinski definition) is 1. The molecule has 0 aromatic carbocycles. The highest BCUT2D eigenvalue weighted by Crippen LogP contribution is 2.23. The lowest BCUT2D eigenvalue weighted by molar-refractivity contribution is 0.0596. The van der Waals surface area contributed by atoms with Crippen LogP contribution in [0.2, 0.25) is 5.02 Å². The highest BCUT2D eigenvalue weighted by Gasteiger charge is 2.20. The molecule has 0 saturated carbocycles. The molecule has 1 unspecified atom stereocenters. The van der Waals surface area contributed by atoms with Crippen molar-refractivity contribution in [2.45, 2.75) is 19.4 Å². The zero-order valence-electron chi connectivity index (χ0n) is 10.2. The summed E-state index contributed by atoms with van der Waals surface area (Å²) in [5.41, 5.74) is 6.55. The topological polar surface area (TPSA) is 69.6 Å². The highest BCUT2D eigenvalue weighted by molar-refractivity contribution is 6.34. The molecule has 2 heterocycles. The molecule has 0 bridgehead atoms. The van der Waals surface area contributed by atoms with Gasteiger partial charge in [-0.15, -0.1) is 0 Å². The SMILES string of the molecule is COC(=O)c1nc(CC(C)N)n2cccc(Cl)c12. The maximum absolute atomic E-state index is 11.7. The lowest BCUT2D eigenvalue weighted by Gasteiger charge is -2.04. The summed E-state index contributed by atoms with van der Waals surface area (Å²) in [4.78, 5) is 16.0. The number of nitrogens with zero attached hydrogens (tertiary/aromatic N) is 2. The van der Waals surface area contributed by atoms with Crippen molar-refractivity contribution in [3.05, 3.63) is 34.9 Å². The molecule has 0 aliphatic carbocycles. The van der Waals surface area contributed by atoms with Crippen molar-refractivity contribution in [3.63, 3.8) is 0 Å². The van der Waals surface area contributed by atoms with Gasteiger partial charge >= 0.3 is 5.97 Å². The summed E-state index contributed by atoms with van der Waals surface area (Å²) in [6, 6.07) is 3.45. The predicted octanol–water partition coefficient (Wildman–Crippen LogP) is 1.66. The Morgan fingerprint density at radius 2 is 2.39 bits per heavy atom. The maximum Gasteiger partial charge on any atom is 0.358 e. The van der Waals surface area contributed by atoms with E-state index in [1.54, 1.807) is 22.7 Å². The molecule has 6 heteroatoms. The van der Waals surface area contributed by atoms with E-state index in [1.165, 1.54) is 7.11 Å². The van der Waals surface area contributed by atoms with Crippen LogP contribution in [-0.4, -0.2) is 28.5 Å². The van der Waals surface area contributed by atoms with Gasteiger partial charge in [0.15, 0.2) is 5.69 Å². The van der Waals surface area contributed by atoms with E-state index in [0.717, 1.165) is 0 Å². The Labute approximate surface area is 110 Å². The van der Waals surface area contributed by atoms with Gasteiger partial charge in [-0.1, -0.05) is 11.6 Å².